The van der Waals surface area contributed by atoms with Crippen molar-refractivity contribution in [1.29, 1.82) is 0 Å². The monoisotopic (exact) mass is 759 g/mol. The Labute approximate surface area is 311 Å². The Morgan fingerprint density at radius 3 is 2.04 bits per heavy atom. The summed E-state index contributed by atoms with van der Waals surface area (Å²) in [5.74, 6) is -2.85. The maximum Gasteiger partial charge on any atom is 0.213 e. The topological polar surface area (TPSA) is 86.3 Å². The van der Waals surface area contributed by atoms with E-state index in [2.05, 4.69) is 33.5 Å². The summed E-state index contributed by atoms with van der Waals surface area (Å²) in [6.07, 6.45) is 7.04. The number of sulfone groups is 1. The minimum absolute atomic E-state index is 0.198. The molecule has 2 aromatic carbocycles. The third kappa shape index (κ3) is 8.33. The molecule has 4 heterocycles. The van der Waals surface area contributed by atoms with E-state index in [0.717, 1.165) is 71.0 Å². The number of hydrogen-bond donors (Lipinski definition) is 0. The number of benzene rings is 2. The standard InChI is InChI=1S/C39H55F2N5O4S2/c1-26(2)23-28(5)50-34-9-10-35(38(41)37(34)40)52(48,49)36-25-42-33-8-7-31(51(6)47)24-32(33)39(36)46-17-13-29(14-18-46)44-15-11-30(12-16-44)45-21-19-43(20-22-45)27(3)4/h7-10,24-30H,11-23H2,1-6H3. The minimum Gasteiger partial charge on any atom is -0.488 e. The molecule has 3 aromatic rings. The molecule has 3 aliphatic rings. The van der Waals surface area contributed by atoms with Crippen molar-refractivity contribution in [3.05, 3.63) is 48.2 Å². The maximum absolute atomic E-state index is 15.7. The van der Waals surface area contributed by atoms with Crippen LogP contribution < -0.4 is 9.64 Å². The number of piperazine rings is 1. The van der Waals surface area contributed by atoms with Crippen LogP contribution in [0.25, 0.3) is 10.9 Å². The lowest BCUT2D eigenvalue weighted by molar-refractivity contribution is 0.0359. The van der Waals surface area contributed by atoms with E-state index in [4.69, 9.17) is 4.74 Å². The van der Waals surface area contributed by atoms with E-state index >= 15 is 8.78 Å². The van der Waals surface area contributed by atoms with Gasteiger partial charge in [-0.25, -0.2) is 12.8 Å². The number of nitrogens with zero attached hydrogens (tertiary/aromatic N) is 5. The van der Waals surface area contributed by atoms with Gasteiger partial charge in [-0.1, -0.05) is 13.8 Å². The summed E-state index contributed by atoms with van der Waals surface area (Å²) in [5.41, 5.74) is 0.928. The molecule has 13 heteroatoms. The second kappa shape index (κ2) is 16.3. The van der Waals surface area contributed by atoms with Crippen molar-refractivity contribution in [1.82, 2.24) is 19.7 Å². The molecule has 0 amide bonds. The van der Waals surface area contributed by atoms with Gasteiger partial charge in [0.05, 0.1) is 17.3 Å². The van der Waals surface area contributed by atoms with E-state index in [1.54, 1.807) is 31.4 Å². The predicted molar refractivity (Wildman–Crippen MR) is 204 cm³/mol. The molecule has 286 valence electrons. The van der Waals surface area contributed by atoms with Crippen LogP contribution in [-0.2, 0) is 20.6 Å². The van der Waals surface area contributed by atoms with Crippen molar-refractivity contribution in [2.45, 2.75) is 106 Å². The lowest BCUT2D eigenvalue weighted by Crippen LogP contribution is -2.56. The van der Waals surface area contributed by atoms with Crippen LogP contribution in [0.15, 0.2) is 51.2 Å². The number of pyridine rings is 1. The molecule has 3 fully saturated rings. The van der Waals surface area contributed by atoms with Crippen LogP contribution in [0.4, 0.5) is 14.5 Å². The fourth-order valence-corrected chi connectivity index (χ4v) is 10.4. The van der Waals surface area contributed by atoms with Crippen LogP contribution in [0.2, 0.25) is 0 Å². The first kappa shape index (κ1) is 39.0. The molecular formula is C39H55F2N5O4S2. The Hall–Kier alpha value is -2.71. The summed E-state index contributed by atoms with van der Waals surface area (Å²) in [6.45, 7) is 18.1. The lowest BCUT2D eigenvalue weighted by atomic mass is 9.96. The van der Waals surface area contributed by atoms with Crippen molar-refractivity contribution >= 4 is 37.2 Å². The number of piperidine rings is 2. The van der Waals surface area contributed by atoms with E-state index in [9.17, 15) is 12.6 Å². The normalized spacial score (nSPS) is 20.6. The zero-order valence-corrected chi connectivity index (χ0v) is 33.1. The van der Waals surface area contributed by atoms with Crippen molar-refractivity contribution in [2.75, 3.05) is 63.5 Å². The van der Waals surface area contributed by atoms with Crippen molar-refractivity contribution in [2.24, 2.45) is 5.92 Å². The molecule has 6 rings (SSSR count). The van der Waals surface area contributed by atoms with Crippen LogP contribution in [0.3, 0.4) is 0 Å². The second-order valence-electron chi connectivity index (χ2n) is 15.5. The van der Waals surface area contributed by atoms with Crippen LogP contribution in [0.1, 0.15) is 66.7 Å². The third-order valence-corrected chi connectivity index (χ3v) is 13.9. The quantitative estimate of drug-likeness (QED) is 0.222. The van der Waals surface area contributed by atoms with Gasteiger partial charge in [-0.15, -0.1) is 0 Å². The molecule has 2 unspecified atom stereocenters. The highest BCUT2D eigenvalue weighted by Gasteiger charge is 2.35. The van der Waals surface area contributed by atoms with E-state index in [-0.39, 0.29) is 22.7 Å². The van der Waals surface area contributed by atoms with Gasteiger partial charge in [-0.05, 0) is 102 Å². The second-order valence-corrected chi connectivity index (χ2v) is 18.8. The summed E-state index contributed by atoms with van der Waals surface area (Å²) in [6, 6.07) is 9.02. The fraction of sp³-hybridized carbons (Fsp3) is 0.615. The molecule has 9 nitrogen and oxygen atoms in total. The molecule has 0 spiro atoms. The van der Waals surface area contributed by atoms with Crippen LogP contribution in [0.5, 0.6) is 5.75 Å². The zero-order valence-electron chi connectivity index (χ0n) is 31.5. The molecule has 0 radical (unpaired) electrons. The number of aromatic nitrogens is 1. The summed E-state index contributed by atoms with van der Waals surface area (Å²) in [7, 11) is -5.92. The number of fused-ring (bicyclic) bond motifs is 1. The van der Waals surface area contributed by atoms with E-state index < -0.39 is 37.2 Å². The smallest absolute Gasteiger partial charge is 0.213 e. The molecule has 3 aliphatic heterocycles. The first-order valence-corrected chi connectivity index (χ1v) is 21.9. The number of hydrogen-bond acceptors (Lipinski definition) is 9. The molecule has 52 heavy (non-hydrogen) atoms. The Kier molecular flexibility index (Phi) is 12.3. The van der Waals surface area contributed by atoms with Gasteiger partial charge in [-0.3, -0.25) is 19.0 Å². The number of rotatable bonds is 11. The average molecular weight is 760 g/mol. The van der Waals surface area contributed by atoms with Gasteiger partial charge < -0.3 is 14.5 Å². The number of anilines is 1. The highest BCUT2D eigenvalue weighted by atomic mass is 32.2. The van der Waals surface area contributed by atoms with Gasteiger partial charge in [0.15, 0.2) is 11.6 Å². The van der Waals surface area contributed by atoms with Gasteiger partial charge in [0, 0.05) is 90.9 Å². The van der Waals surface area contributed by atoms with Crippen LogP contribution >= 0.6 is 0 Å². The van der Waals surface area contributed by atoms with Crippen molar-refractivity contribution < 1.29 is 26.1 Å². The SMILES string of the molecule is CC(C)CC(C)Oc1ccc(S(=O)(=O)c2cnc3ccc(S(C)=O)cc3c2N2CCC(N3CCC(N4CCN(C(C)C)CC4)CC3)CC2)c(F)c1F. The van der Waals surface area contributed by atoms with Gasteiger partial charge >= 0.3 is 0 Å². The summed E-state index contributed by atoms with van der Waals surface area (Å²) in [5, 5.41) is 0.522. The highest BCUT2D eigenvalue weighted by molar-refractivity contribution is 7.91. The molecule has 0 aliphatic carbocycles. The summed E-state index contributed by atoms with van der Waals surface area (Å²) >= 11 is 0. The molecule has 0 saturated carbocycles. The van der Waals surface area contributed by atoms with Crippen molar-refractivity contribution in [3.63, 3.8) is 0 Å². The molecule has 3 saturated heterocycles. The Morgan fingerprint density at radius 2 is 1.44 bits per heavy atom. The largest absolute Gasteiger partial charge is 0.488 e. The summed E-state index contributed by atoms with van der Waals surface area (Å²) < 4.78 is 78.1. The Bertz CT molecular complexity index is 1850. The van der Waals surface area contributed by atoms with E-state index in [1.165, 1.54) is 12.3 Å². The summed E-state index contributed by atoms with van der Waals surface area (Å²) in [4.78, 5) is 13.9. The predicted octanol–water partition coefficient (Wildman–Crippen LogP) is 6.36. The van der Waals surface area contributed by atoms with E-state index in [0.29, 0.717) is 59.1 Å². The average Bonchev–Trinajstić information content (AvgIpc) is 3.12. The minimum atomic E-state index is -4.59. The molecule has 0 bridgehead atoms. The van der Waals surface area contributed by atoms with Gasteiger partial charge in [-0.2, -0.15) is 4.39 Å². The zero-order chi connectivity index (χ0) is 37.3. The number of ether oxygens (including phenoxy) is 1. The third-order valence-electron chi connectivity index (χ3n) is 11.2. The van der Waals surface area contributed by atoms with Gasteiger partial charge in [0.1, 0.15) is 9.79 Å². The fourth-order valence-electron chi connectivity index (χ4n) is 8.39. The maximum atomic E-state index is 15.7. The number of halogens is 2. The lowest BCUT2D eigenvalue weighted by Gasteiger charge is -2.46. The Balaban J connectivity index is 1.23. The van der Waals surface area contributed by atoms with E-state index in [1.807, 2.05) is 18.7 Å². The highest BCUT2D eigenvalue weighted by Crippen LogP contribution is 2.40. The molecular weight excluding hydrogens is 705 g/mol. The number of likely N-dealkylation sites (tertiary alicyclic amines) is 1. The molecule has 0 N–H and O–H groups in total. The van der Waals surface area contributed by atoms with Gasteiger partial charge in [0.2, 0.25) is 15.7 Å². The van der Waals surface area contributed by atoms with Crippen molar-refractivity contribution in [3.8, 4) is 5.75 Å². The first-order valence-electron chi connectivity index (χ1n) is 18.9. The molecule has 2 atom stereocenters. The molecule has 1 aromatic heterocycles. The Morgan fingerprint density at radius 1 is 0.827 bits per heavy atom. The van der Waals surface area contributed by atoms with Crippen LogP contribution in [0, 0.1) is 17.6 Å². The van der Waals surface area contributed by atoms with Crippen LogP contribution in [-0.4, -0.2) is 115 Å². The van der Waals surface area contributed by atoms with Gasteiger partial charge in [0.25, 0.3) is 0 Å². The first-order chi connectivity index (χ1) is 24.7.